The third kappa shape index (κ3) is 3.90. The van der Waals surface area contributed by atoms with Gasteiger partial charge in [0.2, 0.25) is 5.91 Å². The summed E-state index contributed by atoms with van der Waals surface area (Å²) < 4.78 is 0. The number of nitrogens with one attached hydrogen (secondary N) is 1. The van der Waals surface area contributed by atoms with Gasteiger partial charge >= 0.3 is 0 Å². The minimum absolute atomic E-state index is 0.00626. The van der Waals surface area contributed by atoms with Crippen LogP contribution in [-0.2, 0) is 11.3 Å². The first-order valence-corrected chi connectivity index (χ1v) is 9.48. The molecule has 136 valence electrons. The number of rotatable bonds is 5. The zero-order valence-electron chi connectivity index (χ0n) is 15.2. The van der Waals surface area contributed by atoms with Gasteiger partial charge in [0.1, 0.15) is 0 Å². The molecule has 0 bridgehead atoms. The highest BCUT2D eigenvalue weighted by atomic mass is 16.2. The maximum atomic E-state index is 12.8. The molecule has 2 aromatic heterocycles. The van der Waals surface area contributed by atoms with E-state index in [9.17, 15) is 4.79 Å². The Morgan fingerprint density at radius 2 is 2.08 bits per heavy atom. The molecule has 1 saturated carbocycles. The van der Waals surface area contributed by atoms with Crippen molar-refractivity contribution in [1.82, 2.24) is 19.9 Å². The van der Waals surface area contributed by atoms with Crippen molar-refractivity contribution >= 4 is 11.7 Å². The maximum Gasteiger partial charge on any atom is 0.242 e. The Labute approximate surface area is 154 Å². The average molecular weight is 351 g/mol. The number of piperidine rings is 1. The number of hydrogen-bond acceptors (Lipinski definition) is 5. The summed E-state index contributed by atoms with van der Waals surface area (Å²) in [5, 5.41) is 2.95. The number of amides is 1. The summed E-state index contributed by atoms with van der Waals surface area (Å²) in [7, 11) is 0. The highest BCUT2D eigenvalue weighted by Crippen LogP contribution is 2.38. The van der Waals surface area contributed by atoms with E-state index in [1.54, 1.807) is 12.4 Å². The molecule has 0 radical (unpaired) electrons. The molecule has 1 N–H and O–H groups in total. The van der Waals surface area contributed by atoms with Gasteiger partial charge in [-0.05, 0) is 50.8 Å². The van der Waals surface area contributed by atoms with E-state index in [0.717, 1.165) is 37.2 Å². The van der Waals surface area contributed by atoms with Crippen molar-refractivity contribution in [3.63, 3.8) is 0 Å². The van der Waals surface area contributed by atoms with Gasteiger partial charge in [-0.3, -0.25) is 19.7 Å². The first-order valence-electron chi connectivity index (χ1n) is 9.48. The van der Waals surface area contributed by atoms with Crippen LogP contribution in [0.3, 0.4) is 0 Å². The Morgan fingerprint density at radius 3 is 2.81 bits per heavy atom. The molecule has 0 aromatic carbocycles. The van der Waals surface area contributed by atoms with Gasteiger partial charge in [-0.2, -0.15) is 0 Å². The van der Waals surface area contributed by atoms with Crippen LogP contribution in [0.5, 0.6) is 0 Å². The van der Waals surface area contributed by atoms with Crippen molar-refractivity contribution in [3.05, 3.63) is 47.7 Å². The van der Waals surface area contributed by atoms with E-state index < -0.39 is 0 Å². The highest BCUT2D eigenvalue weighted by Gasteiger charge is 2.30. The molecule has 2 fully saturated rings. The zero-order chi connectivity index (χ0) is 17.9. The lowest BCUT2D eigenvalue weighted by molar-refractivity contribution is -0.122. The second-order valence-corrected chi connectivity index (χ2v) is 7.34. The van der Waals surface area contributed by atoms with Crippen molar-refractivity contribution < 1.29 is 4.79 Å². The van der Waals surface area contributed by atoms with Crippen LogP contribution in [0.4, 0.5) is 5.82 Å². The standard InChI is InChI=1S/C20H25N5O/c1-14-5-4-9-21-17(14)13-25-10-3-2-6-18(25)20(26)24-19-12-22-16(11-23-19)15-7-8-15/h4-5,9,11-12,15,18H,2-3,6-8,10,13H2,1H3,(H,23,24,26)/t18-/m1/s1. The summed E-state index contributed by atoms with van der Waals surface area (Å²) in [6, 6.07) is 3.87. The number of aromatic nitrogens is 3. The Hall–Kier alpha value is -2.34. The lowest BCUT2D eigenvalue weighted by Gasteiger charge is -2.34. The Kier molecular flexibility index (Phi) is 4.93. The van der Waals surface area contributed by atoms with Crippen LogP contribution in [-0.4, -0.2) is 38.3 Å². The number of pyridine rings is 1. The Balaban J connectivity index is 1.43. The fourth-order valence-corrected chi connectivity index (χ4v) is 3.56. The Bertz CT molecular complexity index is 772. The van der Waals surface area contributed by atoms with Gasteiger partial charge in [0.05, 0.1) is 29.8 Å². The van der Waals surface area contributed by atoms with Crippen molar-refractivity contribution in [2.24, 2.45) is 0 Å². The van der Waals surface area contributed by atoms with Crippen LogP contribution in [0.15, 0.2) is 30.7 Å². The van der Waals surface area contributed by atoms with E-state index in [-0.39, 0.29) is 11.9 Å². The monoisotopic (exact) mass is 351 g/mol. The summed E-state index contributed by atoms with van der Waals surface area (Å²) in [4.78, 5) is 28.4. The van der Waals surface area contributed by atoms with E-state index >= 15 is 0 Å². The molecule has 1 saturated heterocycles. The van der Waals surface area contributed by atoms with Crippen molar-refractivity contribution in [1.29, 1.82) is 0 Å². The molecule has 1 amide bonds. The lowest BCUT2D eigenvalue weighted by Crippen LogP contribution is -2.46. The first-order chi connectivity index (χ1) is 12.7. The van der Waals surface area contributed by atoms with Gasteiger partial charge in [0, 0.05) is 18.7 Å². The quantitative estimate of drug-likeness (QED) is 0.896. The van der Waals surface area contributed by atoms with E-state index in [4.69, 9.17) is 0 Å². The SMILES string of the molecule is Cc1cccnc1CN1CCCC[C@@H]1C(=O)Nc1cnc(C2CC2)cn1. The van der Waals surface area contributed by atoms with Crippen LogP contribution in [0.25, 0.3) is 0 Å². The molecular formula is C20H25N5O. The molecule has 4 rings (SSSR count). The van der Waals surface area contributed by atoms with Crippen LogP contribution >= 0.6 is 0 Å². The van der Waals surface area contributed by atoms with E-state index in [0.29, 0.717) is 18.3 Å². The molecule has 6 heteroatoms. The predicted molar refractivity (Wildman–Crippen MR) is 99.7 cm³/mol. The van der Waals surface area contributed by atoms with Crippen molar-refractivity contribution in [3.8, 4) is 0 Å². The number of likely N-dealkylation sites (tertiary alicyclic amines) is 1. The van der Waals surface area contributed by atoms with Crippen molar-refractivity contribution in [2.45, 2.75) is 57.5 Å². The predicted octanol–water partition coefficient (Wildman–Crippen LogP) is 3.05. The van der Waals surface area contributed by atoms with E-state index in [1.807, 2.05) is 12.3 Å². The summed E-state index contributed by atoms with van der Waals surface area (Å²) in [6.07, 6.45) is 10.7. The third-order valence-electron chi connectivity index (χ3n) is 5.31. The number of nitrogens with zero attached hydrogens (tertiary/aromatic N) is 4. The minimum Gasteiger partial charge on any atom is -0.308 e. The van der Waals surface area contributed by atoms with Gasteiger partial charge in [-0.1, -0.05) is 12.5 Å². The third-order valence-corrected chi connectivity index (χ3v) is 5.31. The smallest absolute Gasteiger partial charge is 0.242 e. The number of aryl methyl sites for hydroxylation is 1. The van der Waals surface area contributed by atoms with Gasteiger partial charge in [-0.25, -0.2) is 4.98 Å². The summed E-state index contributed by atoms with van der Waals surface area (Å²) in [6.45, 7) is 3.69. The number of carbonyl (C=O) groups excluding carboxylic acids is 1. The molecule has 3 heterocycles. The topological polar surface area (TPSA) is 71.0 Å². The molecule has 2 aromatic rings. The minimum atomic E-state index is -0.143. The lowest BCUT2D eigenvalue weighted by atomic mass is 10.0. The zero-order valence-corrected chi connectivity index (χ0v) is 15.2. The molecule has 0 unspecified atom stereocenters. The fourth-order valence-electron chi connectivity index (χ4n) is 3.56. The molecule has 2 aliphatic rings. The molecular weight excluding hydrogens is 326 g/mol. The molecule has 1 aliphatic heterocycles. The second-order valence-electron chi connectivity index (χ2n) is 7.34. The van der Waals surface area contributed by atoms with Gasteiger partial charge in [0.25, 0.3) is 0 Å². The number of hydrogen-bond donors (Lipinski definition) is 1. The highest BCUT2D eigenvalue weighted by molar-refractivity contribution is 5.94. The molecule has 1 aliphatic carbocycles. The fraction of sp³-hybridized carbons (Fsp3) is 0.500. The normalized spacial score (nSPS) is 20.7. The van der Waals surface area contributed by atoms with E-state index in [2.05, 4.69) is 38.2 Å². The largest absolute Gasteiger partial charge is 0.308 e. The van der Waals surface area contributed by atoms with Crippen molar-refractivity contribution in [2.75, 3.05) is 11.9 Å². The molecule has 0 spiro atoms. The van der Waals surface area contributed by atoms with Crippen LogP contribution < -0.4 is 5.32 Å². The number of anilines is 1. The van der Waals surface area contributed by atoms with Gasteiger partial charge < -0.3 is 5.32 Å². The van der Waals surface area contributed by atoms with Crippen LogP contribution in [0, 0.1) is 6.92 Å². The first kappa shape index (κ1) is 17.1. The van der Waals surface area contributed by atoms with Gasteiger partial charge in [-0.15, -0.1) is 0 Å². The number of carbonyl (C=O) groups is 1. The summed E-state index contributed by atoms with van der Waals surface area (Å²) in [5.41, 5.74) is 3.24. The molecule has 26 heavy (non-hydrogen) atoms. The summed E-state index contributed by atoms with van der Waals surface area (Å²) in [5.74, 6) is 1.12. The second kappa shape index (κ2) is 7.50. The van der Waals surface area contributed by atoms with E-state index in [1.165, 1.54) is 18.4 Å². The maximum absolute atomic E-state index is 12.8. The van der Waals surface area contributed by atoms with Gasteiger partial charge in [0.15, 0.2) is 5.82 Å². The average Bonchev–Trinajstić information content (AvgIpc) is 3.50. The Morgan fingerprint density at radius 1 is 1.19 bits per heavy atom. The molecule has 6 nitrogen and oxygen atoms in total. The van der Waals surface area contributed by atoms with Crippen LogP contribution in [0.2, 0.25) is 0 Å². The summed E-state index contributed by atoms with van der Waals surface area (Å²) >= 11 is 0. The van der Waals surface area contributed by atoms with Crippen LogP contribution in [0.1, 0.15) is 55.0 Å². The molecule has 1 atom stereocenters.